The van der Waals surface area contributed by atoms with Gasteiger partial charge < -0.3 is 14.7 Å². The third kappa shape index (κ3) is 2.40. The third-order valence-electron chi connectivity index (χ3n) is 8.47. The lowest BCUT2D eigenvalue weighted by atomic mass is 9.92. The minimum atomic E-state index is -3.77. The average molecular weight is 453 g/mol. The molecule has 0 aromatic rings. The Morgan fingerprint density at radius 2 is 1.77 bits per heavy atom. The number of fused-ring (bicyclic) bond motifs is 2. The Balaban J connectivity index is 1.56. The van der Waals surface area contributed by atoms with Crippen molar-refractivity contribution in [3.63, 3.8) is 0 Å². The Morgan fingerprint density at radius 3 is 2.32 bits per heavy atom. The van der Waals surface area contributed by atoms with Gasteiger partial charge in [-0.1, -0.05) is 12.8 Å². The fourth-order valence-electron chi connectivity index (χ4n) is 6.73. The number of carboxylic acid groups (broad SMARTS) is 1. The van der Waals surface area contributed by atoms with Crippen molar-refractivity contribution in [3.8, 4) is 0 Å². The minimum Gasteiger partial charge on any atom is -0.481 e. The number of piperidine rings is 1. The van der Waals surface area contributed by atoms with Gasteiger partial charge in [0, 0.05) is 20.2 Å². The van der Waals surface area contributed by atoms with Crippen molar-refractivity contribution in [1.29, 1.82) is 0 Å². The number of methoxy groups -OCH3 is 1. The maximum Gasteiger partial charge on any atom is 0.306 e. The zero-order valence-electron chi connectivity index (χ0n) is 17.8. The second kappa shape index (κ2) is 6.54. The molecule has 2 saturated carbocycles. The highest BCUT2D eigenvalue weighted by Crippen LogP contribution is 2.75. The second-order valence-corrected chi connectivity index (χ2v) is 11.9. The monoisotopic (exact) mass is 452 g/mol. The number of sulfone groups is 1. The van der Waals surface area contributed by atoms with Gasteiger partial charge in [0.2, 0.25) is 0 Å². The summed E-state index contributed by atoms with van der Waals surface area (Å²) in [5.74, 6) is -2.23. The summed E-state index contributed by atoms with van der Waals surface area (Å²) in [5, 5.41) is 8.07. The normalized spacial score (nSPS) is 36.0. The highest BCUT2D eigenvalue weighted by Gasteiger charge is 2.81. The van der Waals surface area contributed by atoms with Crippen molar-refractivity contribution in [2.75, 3.05) is 20.2 Å². The Kier molecular flexibility index (Phi) is 4.42. The van der Waals surface area contributed by atoms with E-state index in [0.717, 1.165) is 30.6 Å². The molecule has 2 aliphatic carbocycles. The van der Waals surface area contributed by atoms with Gasteiger partial charge in [0.1, 0.15) is 10.4 Å². The predicted molar refractivity (Wildman–Crippen MR) is 108 cm³/mol. The molecule has 4 fully saturated rings. The summed E-state index contributed by atoms with van der Waals surface area (Å²) in [6.07, 6.45) is 3.67. The van der Waals surface area contributed by atoms with E-state index < -0.39 is 43.9 Å². The van der Waals surface area contributed by atoms with E-state index in [9.17, 15) is 27.9 Å². The molecule has 10 heteroatoms. The Morgan fingerprint density at radius 1 is 1.16 bits per heavy atom. The molecule has 2 saturated heterocycles. The third-order valence-corrected chi connectivity index (χ3v) is 11.4. The molecule has 3 atom stereocenters. The first-order chi connectivity index (χ1) is 14.6. The standard InChI is InChI=1S/C21H28N2O7S/c1-12-14(16(24)22-9-5-13(6-10-22)19(26)27)23-17(25)15(30-2)18(23)31(28,29)21(12)11-20(21)7-3-4-8-20/h13,15,18H,3-11H2,1-2H3,(H,26,27)/t15-,18?,21?/m0/s1. The Hall–Kier alpha value is -1.94. The number of hydrogen-bond acceptors (Lipinski definition) is 6. The van der Waals surface area contributed by atoms with Crippen molar-refractivity contribution < 1.29 is 32.6 Å². The lowest BCUT2D eigenvalue weighted by molar-refractivity contribution is -0.162. The first-order valence-electron chi connectivity index (χ1n) is 11.0. The number of aliphatic carboxylic acids is 1. The van der Waals surface area contributed by atoms with E-state index in [0.29, 0.717) is 24.8 Å². The fourth-order valence-corrected chi connectivity index (χ4v) is 9.99. The fraction of sp³-hybridized carbons (Fsp3) is 0.762. The van der Waals surface area contributed by atoms with Crippen LogP contribution in [0.2, 0.25) is 0 Å². The first-order valence-corrected chi connectivity index (χ1v) is 12.5. The molecule has 31 heavy (non-hydrogen) atoms. The lowest BCUT2D eigenvalue weighted by Crippen LogP contribution is -2.73. The van der Waals surface area contributed by atoms with Crippen LogP contribution in [0.25, 0.3) is 0 Å². The number of hydrogen-bond donors (Lipinski definition) is 1. The molecule has 1 N–H and O–H groups in total. The van der Waals surface area contributed by atoms with Crippen LogP contribution in [0.3, 0.4) is 0 Å². The van der Waals surface area contributed by atoms with Gasteiger partial charge >= 0.3 is 5.97 Å². The summed E-state index contributed by atoms with van der Waals surface area (Å²) >= 11 is 0. The smallest absolute Gasteiger partial charge is 0.306 e. The molecule has 0 aromatic carbocycles. The Bertz CT molecular complexity index is 1000. The number of β-lactam (4-membered cyclic amide) rings is 1. The van der Waals surface area contributed by atoms with E-state index in [-0.39, 0.29) is 30.1 Å². The van der Waals surface area contributed by atoms with Crippen molar-refractivity contribution in [2.24, 2.45) is 11.3 Å². The average Bonchev–Trinajstić information content (AvgIpc) is 3.16. The van der Waals surface area contributed by atoms with E-state index in [1.165, 1.54) is 7.11 Å². The SMILES string of the molecule is CO[C@H]1C(=O)N2C(C(=O)N3CCC(C(=O)O)CC3)=C(C)C3(CC34CCCC4)S(=O)(=O)C12. The summed E-state index contributed by atoms with van der Waals surface area (Å²) in [6, 6.07) is 0. The molecule has 5 aliphatic rings. The van der Waals surface area contributed by atoms with Gasteiger partial charge in [-0.15, -0.1) is 0 Å². The number of carboxylic acids is 1. The molecular weight excluding hydrogens is 424 g/mol. The van der Waals surface area contributed by atoms with E-state index in [4.69, 9.17) is 4.74 Å². The largest absolute Gasteiger partial charge is 0.481 e. The summed E-state index contributed by atoms with van der Waals surface area (Å²) in [7, 11) is -2.45. The zero-order chi connectivity index (χ0) is 22.3. The van der Waals surface area contributed by atoms with Crippen LogP contribution in [-0.4, -0.2) is 77.5 Å². The van der Waals surface area contributed by atoms with E-state index >= 15 is 0 Å². The molecule has 5 rings (SSSR count). The molecule has 0 aromatic heterocycles. The lowest BCUT2D eigenvalue weighted by Gasteiger charge is -2.52. The van der Waals surface area contributed by atoms with Gasteiger partial charge in [-0.25, -0.2) is 8.42 Å². The highest BCUT2D eigenvalue weighted by molar-refractivity contribution is 7.94. The number of carbonyl (C=O) groups excluding carboxylic acids is 2. The van der Waals surface area contributed by atoms with Crippen molar-refractivity contribution in [1.82, 2.24) is 9.80 Å². The molecule has 170 valence electrons. The number of rotatable bonds is 3. The van der Waals surface area contributed by atoms with Gasteiger partial charge in [-0.2, -0.15) is 0 Å². The molecule has 0 radical (unpaired) electrons. The molecule has 3 aliphatic heterocycles. The molecule has 2 spiro atoms. The highest BCUT2D eigenvalue weighted by atomic mass is 32.2. The molecule has 2 amide bonds. The van der Waals surface area contributed by atoms with Crippen LogP contribution >= 0.6 is 0 Å². The van der Waals surface area contributed by atoms with Crippen molar-refractivity contribution >= 4 is 27.6 Å². The van der Waals surface area contributed by atoms with Crippen molar-refractivity contribution in [2.45, 2.75) is 68.1 Å². The predicted octanol–water partition coefficient (Wildman–Crippen LogP) is 0.898. The number of ether oxygens (including phenoxy) is 1. The number of carbonyl (C=O) groups is 3. The molecule has 9 nitrogen and oxygen atoms in total. The maximum atomic E-state index is 13.8. The van der Waals surface area contributed by atoms with E-state index in [2.05, 4.69) is 0 Å². The summed E-state index contributed by atoms with van der Waals surface area (Å²) < 4.78 is 31.8. The van der Waals surface area contributed by atoms with Crippen LogP contribution in [0, 0.1) is 11.3 Å². The van der Waals surface area contributed by atoms with Gasteiger partial charge in [0.05, 0.1) is 5.92 Å². The summed E-state index contributed by atoms with van der Waals surface area (Å²) in [6.45, 7) is 2.25. The minimum absolute atomic E-state index is 0.177. The van der Waals surface area contributed by atoms with Gasteiger partial charge in [-0.05, 0) is 50.0 Å². The number of nitrogens with zero attached hydrogens (tertiary/aromatic N) is 2. The quantitative estimate of drug-likeness (QED) is 0.632. The van der Waals surface area contributed by atoms with Crippen LogP contribution in [0.1, 0.15) is 51.9 Å². The molecule has 3 heterocycles. The molecule has 0 bridgehead atoms. The summed E-state index contributed by atoms with van der Waals surface area (Å²) in [4.78, 5) is 40.4. The maximum absolute atomic E-state index is 13.8. The van der Waals surface area contributed by atoms with E-state index in [1.54, 1.807) is 11.8 Å². The second-order valence-electron chi connectivity index (χ2n) is 9.67. The van der Waals surface area contributed by atoms with Crippen molar-refractivity contribution in [3.05, 3.63) is 11.3 Å². The van der Waals surface area contributed by atoms with Gasteiger partial charge in [0.15, 0.2) is 21.3 Å². The topological polar surface area (TPSA) is 121 Å². The van der Waals surface area contributed by atoms with Crippen LogP contribution in [0.15, 0.2) is 11.3 Å². The molecular formula is C21H28N2O7S. The first kappa shape index (κ1) is 20.9. The molecule has 2 unspecified atom stereocenters. The van der Waals surface area contributed by atoms with Gasteiger partial charge in [0.25, 0.3) is 11.8 Å². The van der Waals surface area contributed by atoms with E-state index in [1.807, 2.05) is 0 Å². The number of amides is 2. The van der Waals surface area contributed by atoms with Crippen LogP contribution in [0.5, 0.6) is 0 Å². The van der Waals surface area contributed by atoms with Gasteiger partial charge in [-0.3, -0.25) is 19.3 Å². The Labute approximate surface area is 181 Å². The number of likely N-dealkylation sites (tertiary alicyclic amines) is 1. The van der Waals surface area contributed by atoms with Crippen LogP contribution in [0.4, 0.5) is 0 Å². The van der Waals surface area contributed by atoms with Crippen LogP contribution < -0.4 is 0 Å². The van der Waals surface area contributed by atoms with Crippen LogP contribution in [-0.2, 0) is 29.0 Å². The summed E-state index contributed by atoms with van der Waals surface area (Å²) in [5.41, 5.74) is 0.315. The zero-order valence-corrected chi connectivity index (χ0v) is 18.6.